The molecule has 2 aromatic carbocycles. The maximum absolute atomic E-state index is 13.1. The van der Waals surface area contributed by atoms with Gasteiger partial charge >= 0.3 is 0 Å². The zero-order valence-electron chi connectivity index (χ0n) is 10.6. The van der Waals surface area contributed by atoms with Crippen LogP contribution < -0.4 is 5.32 Å². The van der Waals surface area contributed by atoms with E-state index in [0.717, 1.165) is 20.2 Å². The molecular weight excluding hydrogens is 366 g/mol. The van der Waals surface area contributed by atoms with Gasteiger partial charge in [0.25, 0.3) is 0 Å². The Hall–Kier alpha value is -1.69. The average Bonchev–Trinajstić information content (AvgIpc) is 2.46. The lowest BCUT2D eigenvalue weighted by atomic mass is 10.1. The second-order valence-electron chi connectivity index (χ2n) is 4.50. The van der Waals surface area contributed by atoms with Crippen LogP contribution in [0.15, 0.2) is 54.9 Å². The zero-order chi connectivity index (χ0) is 13.9. The predicted molar refractivity (Wildman–Crippen MR) is 88.2 cm³/mol. The fraction of sp³-hybridized carbons (Fsp3) is 0.0625. The summed E-state index contributed by atoms with van der Waals surface area (Å²) >= 11 is 2.13. The minimum Gasteiger partial charge on any atom is -0.380 e. The molecule has 0 aliphatic heterocycles. The second-order valence-corrected chi connectivity index (χ2v) is 5.66. The molecule has 0 unspecified atom stereocenters. The molecular formula is C16H12FIN2. The number of hydrogen-bond donors (Lipinski definition) is 1. The average molecular weight is 378 g/mol. The lowest BCUT2D eigenvalue weighted by molar-refractivity contribution is 0.627. The molecule has 0 aliphatic carbocycles. The van der Waals surface area contributed by atoms with Crippen LogP contribution in [0, 0.1) is 9.39 Å². The summed E-state index contributed by atoms with van der Waals surface area (Å²) in [5.74, 6) is -0.216. The van der Waals surface area contributed by atoms with E-state index in [0.29, 0.717) is 6.54 Å². The number of pyridine rings is 1. The third-order valence-corrected chi connectivity index (χ3v) is 4.04. The Morgan fingerprint density at radius 3 is 2.80 bits per heavy atom. The number of halogens is 2. The van der Waals surface area contributed by atoms with Crippen molar-refractivity contribution in [2.45, 2.75) is 6.54 Å². The van der Waals surface area contributed by atoms with Gasteiger partial charge in [-0.3, -0.25) is 4.98 Å². The molecule has 0 fully saturated rings. The molecule has 0 atom stereocenters. The first-order chi connectivity index (χ1) is 9.74. The molecule has 0 amide bonds. The third-order valence-electron chi connectivity index (χ3n) is 3.15. The van der Waals surface area contributed by atoms with E-state index in [1.54, 1.807) is 6.07 Å². The summed E-state index contributed by atoms with van der Waals surface area (Å²) in [6, 6.07) is 12.9. The lowest BCUT2D eigenvalue weighted by Crippen LogP contribution is -2.02. The fourth-order valence-electron chi connectivity index (χ4n) is 2.14. The highest BCUT2D eigenvalue weighted by Crippen LogP contribution is 2.22. The van der Waals surface area contributed by atoms with Gasteiger partial charge in [0.05, 0.1) is 0 Å². The molecule has 1 aromatic heterocycles. The monoisotopic (exact) mass is 378 g/mol. The van der Waals surface area contributed by atoms with Gasteiger partial charge in [-0.25, -0.2) is 4.39 Å². The van der Waals surface area contributed by atoms with Crippen molar-refractivity contribution < 1.29 is 4.39 Å². The fourth-order valence-corrected chi connectivity index (χ4v) is 2.81. The van der Waals surface area contributed by atoms with E-state index >= 15 is 0 Å². The van der Waals surface area contributed by atoms with Crippen molar-refractivity contribution in [3.8, 4) is 0 Å². The molecule has 0 saturated carbocycles. The van der Waals surface area contributed by atoms with E-state index in [9.17, 15) is 4.39 Å². The lowest BCUT2D eigenvalue weighted by Gasteiger charge is -2.10. The summed E-state index contributed by atoms with van der Waals surface area (Å²) in [6.07, 6.45) is 3.73. The van der Waals surface area contributed by atoms with E-state index in [2.05, 4.69) is 39.0 Å². The molecule has 20 heavy (non-hydrogen) atoms. The summed E-state index contributed by atoms with van der Waals surface area (Å²) in [6.45, 7) is 0.663. The van der Waals surface area contributed by atoms with Crippen molar-refractivity contribution >= 4 is 39.1 Å². The predicted octanol–water partition coefficient (Wildman–Crippen LogP) is 4.59. The van der Waals surface area contributed by atoms with Crippen molar-refractivity contribution in [3.63, 3.8) is 0 Å². The Morgan fingerprint density at radius 1 is 1.10 bits per heavy atom. The van der Waals surface area contributed by atoms with Crippen LogP contribution in [0.5, 0.6) is 0 Å². The van der Waals surface area contributed by atoms with Crippen molar-refractivity contribution in [1.29, 1.82) is 0 Å². The molecule has 0 aliphatic rings. The standard InChI is InChI=1S/C16H12FIN2/c17-13-5-6-16(15(18)7-13)20-10-12-9-19-8-11-3-1-2-4-14(11)12/h1-9,20H,10H2. The number of benzene rings is 2. The topological polar surface area (TPSA) is 24.9 Å². The van der Waals surface area contributed by atoms with Crippen LogP contribution in [0.1, 0.15) is 5.56 Å². The van der Waals surface area contributed by atoms with Crippen LogP contribution in [-0.4, -0.2) is 4.98 Å². The van der Waals surface area contributed by atoms with Crippen LogP contribution >= 0.6 is 22.6 Å². The largest absolute Gasteiger partial charge is 0.380 e. The van der Waals surface area contributed by atoms with Crippen molar-refractivity contribution in [2.75, 3.05) is 5.32 Å². The van der Waals surface area contributed by atoms with Crippen LogP contribution in [0.2, 0.25) is 0 Å². The molecule has 0 saturated heterocycles. The zero-order valence-corrected chi connectivity index (χ0v) is 12.8. The highest BCUT2D eigenvalue weighted by atomic mass is 127. The van der Waals surface area contributed by atoms with Gasteiger partial charge in [0, 0.05) is 33.6 Å². The maximum Gasteiger partial charge on any atom is 0.124 e. The van der Waals surface area contributed by atoms with Gasteiger partial charge in [-0.15, -0.1) is 0 Å². The number of anilines is 1. The first-order valence-corrected chi connectivity index (χ1v) is 7.32. The molecule has 3 rings (SSSR count). The van der Waals surface area contributed by atoms with Crippen molar-refractivity contribution in [2.24, 2.45) is 0 Å². The molecule has 100 valence electrons. The van der Waals surface area contributed by atoms with Crippen LogP contribution in [0.3, 0.4) is 0 Å². The minimum absolute atomic E-state index is 0.216. The highest BCUT2D eigenvalue weighted by Gasteiger charge is 2.04. The Kier molecular flexibility index (Phi) is 3.82. The number of hydrogen-bond acceptors (Lipinski definition) is 2. The number of fused-ring (bicyclic) bond motifs is 1. The smallest absolute Gasteiger partial charge is 0.124 e. The summed E-state index contributed by atoms with van der Waals surface area (Å²) in [7, 11) is 0. The van der Waals surface area contributed by atoms with E-state index in [1.165, 1.54) is 17.5 Å². The molecule has 4 heteroatoms. The quantitative estimate of drug-likeness (QED) is 0.675. The van der Waals surface area contributed by atoms with E-state index in [4.69, 9.17) is 0 Å². The van der Waals surface area contributed by atoms with Gasteiger partial charge in [-0.1, -0.05) is 24.3 Å². The Labute approximate surface area is 130 Å². The van der Waals surface area contributed by atoms with Gasteiger partial charge < -0.3 is 5.32 Å². The maximum atomic E-state index is 13.1. The normalized spacial score (nSPS) is 10.7. The summed E-state index contributed by atoms with van der Waals surface area (Å²) in [5, 5.41) is 5.65. The molecule has 2 nitrogen and oxygen atoms in total. The molecule has 0 radical (unpaired) electrons. The van der Waals surface area contributed by atoms with Crippen LogP contribution in [0.25, 0.3) is 10.8 Å². The van der Waals surface area contributed by atoms with Gasteiger partial charge in [-0.05, 0) is 51.7 Å². The van der Waals surface area contributed by atoms with Crippen LogP contribution in [-0.2, 0) is 6.54 Å². The van der Waals surface area contributed by atoms with Gasteiger partial charge in [-0.2, -0.15) is 0 Å². The van der Waals surface area contributed by atoms with Crippen LogP contribution in [0.4, 0.5) is 10.1 Å². The Morgan fingerprint density at radius 2 is 1.95 bits per heavy atom. The molecule has 0 spiro atoms. The SMILES string of the molecule is Fc1ccc(NCc2cncc3ccccc23)c(I)c1. The second kappa shape index (κ2) is 5.75. The Bertz CT molecular complexity index is 753. The van der Waals surface area contributed by atoms with Crippen molar-refractivity contribution in [1.82, 2.24) is 4.98 Å². The third kappa shape index (κ3) is 2.75. The van der Waals surface area contributed by atoms with E-state index in [-0.39, 0.29) is 5.82 Å². The number of aromatic nitrogens is 1. The van der Waals surface area contributed by atoms with Gasteiger partial charge in [0.1, 0.15) is 5.82 Å². The number of nitrogens with zero attached hydrogens (tertiary/aromatic N) is 1. The van der Waals surface area contributed by atoms with E-state index in [1.807, 2.05) is 30.6 Å². The first-order valence-electron chi connectivity index (χ1n) is 6.24. The molecule has 0 bridgehead atoms. The minimum atomic E-state index is -0.216. The first kappa shape index (κ1) is 13.3. The summed E-state index contributed by atoms with van der Waals surface area (Å²) in [4.78, 5) is 4.26. The molecule has 1 heterocycles. The number of nitrogens with one attached hydrogen (secondary N) is 1. The summed E-state index contributed by atoms with van der Waals surface area (Å²) in [5.41, 5.74) is 2.06. The summed E-state index contributed by atoms with van der Waals surface area (Å²) < 4.78 is 13.9. The van der Waals surface area contributed by atoms with Crippen molar-refractivity contribution in [3.05, 3.63) is 69.8 Å². The molecule has 1 N–H and O–H groups in total. The highest BCUT2D eigenvalue weighted by molar-refractivity contribution is 14.1. The van der Waals surface area contributed by atoms with Gasteiger partial charge in [0.15, 0.2) is 0 Å². The molecule has 3 aromatic rings. The number of rotatable bonds is 3. The van der Waals surface area contributed by atoms with E-state index < -0.39 is 0 Å². The Balaban J connectivity index is 1.87. The van der Waals surface area contributed by atoms with Gasteiger partial charge in [0.2, 0.25) is 0 Å².